The molecule has 150 valence electrons. The first-order valence-electron chi connectivity index (χ1n) is 8.69. The quantitative estimate of drug-likeness (QED) is 0.208. The Morgan fingerprint density at radius 1 is 1.00 bits per heavy atom. The van der Waals surface area contributed by atoms with Gasteiger partial charge in [0.15, 0.2) is 0 Å². The highest BCUT2D eigenvalue weighted by Crippen LogP contribution is 2.05. The molecule has 2 atom stereocenters. The number of nitrogens with two attached hydrogens (primary N) is 2. The van der Waals surface area contributed by atoms with Gasteiger partial charge in [-0.2, -0.15) is 0 Å². The molecular formula is C16H31N5O5. The number of carboxylic acid groups (broad SMARTS) is 1. The van der Waals surface area contributed by atoms with Crippen molar-refractivity contribution in [2.24, 2.45) is 17.4 Å². The number of rotatable bonds is 13. The maximum absolute atomic E-state index is 12.0. The number of carbonyl (C=O) groups is 4. The summed E-state index contributed by atoms with van der Waals surface area (Å²) in [5, 5.41) is 15.8. The summed E-state index contributed by atoms with van der Waals surface area (Å²) >= 11 is 0. The van der Waals surface area contributed by atoms with Crippen LogP contribution < -0.4 is 27.4 Å². The summed E-state index contributed by atoms with van der Waals surface area (Å²) in [5.74, 6) is -2.67. The van der Waals surface area contributed by atoms with E-state index in [-0.39, 0.29) is 12.5 Å². The lowest BCUT2D eigenvalue weighted by molar-refractivity contribution is -0.138. The van der Waals surface area contributed by atoms with Crippen LogP contribution >= 0.6 is 0 Å². The molecule has 0 saturated heterocycles. The Morgan fingerprint density at radius 2 is 1.62 bits per heavy atom. The van der Waals surface area contributed by atoms with Crippen molar-refractivity contribution in [3.05, 3.63) is 0 Å². The van der Waals surface area contributed by atoms with Gasteiger partial charge in [-0.25, -0.2) is 0 Å². The number of aliphatic carboxylic acids is 1. The van der Waals surface area contributed by atoms with Gasteiger partial charge in [-0.3, -0.25) is 19.2 Å². The molecule has 0 aliphatic heterocycles. The molecule has 0 aliphatic carbocycles. The second-order valence-electron chi connectivity index (χ2n) is 6.47. The predicted molar refractivity (Wildman–Crippen MR) is 95.9 cm³/mol. The molecule has 2 unspecified atom stereocenters. The lowest BCUT2D eigenvalue weighted by Gasteiger charge is -2.20. The third kappa shape index (κ3) is 11.4. The van der Waals surface area contributed by atoms with Crippen molar-refractivity contribution in [2.45, 2.75) is 51.6 Å². The number of carbonyl (C=O) groups excluding carboxylic acids is 3. The molecule has 0 radical (unpaired) electrons. The Balaban J connectivity index is 4.44. The van der Waals surface area contributed by atoms with Gasteiger partial charge in [0, 0.05) is 0 Å². The third-order valence-electron chi connectivity index (χ3n) is 3.50. The summed E-state index contributed by atoms with van der Waals surface area (Å²) in [6.07, 6.45) is 2.29. The van der Waals surface area contributed by atoms with Gasteiger partial charge in [-0.15, -0.1) is 0 Å². The third-order valence-corrected chi connectivity index (χ3v) is 3.50. The molecule has 26 heavy (non-hydrogen) atoms. The fraction of sp³-hybridized carbons (Fsp3) is 0.750. The van der Waals surface area contributed by atoms with E-state index in [1.807, 2.05) is 13.8 Å². The maximum Gasteiger partial charge on any atom is 0.322 e. The zero-order valence-electron chi connectivity index (χ0n) is 15.4. The van der Waals surface area contributed by atoms with Crippen LogP contribution in [0.2, 0.25) is 0 Å². The molecule has 0 aromatic heterocycles. The lowest BCUT2D eigenvalue weighted by atomic mass is 10.0. The molecule has 0 saturated carbocycles. The van der Waals surface area contributed by atoms with Gasteiger partial charge in [-0.1, -0.05) is 20.3 Å². The number of nitrogens with one attached hydrogen (secondary N) is 3. The largest absolute Gasteiger partial charge is 0.480 e. The SMILES string of the molecule is CC(C)CC(NC(=O)CNC(=O)C(N)CCCCN)C(=O)NCC(=O)O. The fourth-order valence-corrected chi connectivity index (χ4v) is 2.17. The molecule has 10 heteroatoms. The van der Waals surface area contributed by atoms with Crippen LogP contribution in [-0.4, -0.2) is 60.5 Å². The van der Waals surface area contributed by atoms with Crippen molar-refractivity contribution in [1.82, 2.24) is 16.0 Å². The maximum atomic E-state index is 12.0. The number of amides is 3. The zero-order valence-corrected chi connectivity index (χ0v) is 15.4. The second-order valence-corrected chi connectivity index (χ2v) is 6.47. The Kier molecular flexibility index (Phi) is 12.0. The summed E-state index contributed by atoms with van der Waals surface area (Å²) in [5.41, 5.74) is 11.1. The smallest absolute Gasteiger partial charge is 0.322 e. The van der Waals surface area contributed by atoms with Crippen molar-refractivity contribution in [3.8, 4) is 0 Å². The number of hydrogen-bond acceptors (Lipinski definition) is 6. The van der Waals surface area contributed by atoms with Crippen molar-refractivity contribution in [3.63, 3.8) is 0 Å². The van der Waals surface area contributed by atoms with E-state index >= 15 is 0 Å². The monoisotopic (exact) mass is 373 g/mol. The number of carboxylic acids is 1. The number of unbranched alkanes of at least 4 members (excludes halogenated alkanes) is 1. The van der Waals surface area contributed by atoms with E-state index < -0.39 is 42.3 Å². The molecule has 0 fully saturated rings. The molecule has 0 bridgehead atoms. The molecule has 0 heterocycles. The van der Waals surface area contributed by atoms with Crippen LogP contribution in [0.1, 0.15) is 39.5 Å². The predicted octanol–water partition coefficient (Wildman–Crippen LogP) is -1.71. The normalized spacial score (nSPS) is 13.0. The summed E-state index contributed by atoms with van der Waals surface area (Å²) in [6.45, 7) is 3.41. The molecule has 3 amide bonds. The Hall–Kier alpha value is -2.20. The molecule has 8 N–H and O–H groups in total. The van der Waals surface area contributed by atoms with Crippen molar-refractivity contribution >= 4 is 23.7 Å². The standard InChI is InChI=1S/C16H31N5O5/c1-10(2)7-12(16(26)20-9-14(23)24)21-13(22)8-19-15(25)11(18)5-3-4-6-17/h10-12H,3-9,17-18H2,1-2H3,(H,19,25)(H,20,26)(H,21,22)(H,23,24). The molecule has 0 aliphatic rings. The van der Waals surface area contributed by atoms with Crippen LogP contribution in [0.25, 0.3) is 0 Å². The topological polar surface area (TPSA) is 177 Å². The average Bonchev–Trinajstić information content (AvgIpc) is 2.56. The first-order chi connectivity index (χ1) is 12.2. The van der Waals surface area contributed by atoms with Gasteiger partial charge in [0.05, 0.1) is 12.6 Å². The van der Waals surface area contributed by atoms with E-state index in [2.05, 4.69) is 16.0 Å². The minimum Gasteiger partial charge on any atom is -0.480 e. The van der Waals surface area contributed by atoms with Gasteiger partial charge in [-0.05, 0) is 31.7 Å². The highest BCUT2D eigenvalue weighted by molar-refractivity contribution is 5.91. The minimum atomic E-state index is -1.18. The average molecular weight is 373 g/mol. The van der Waals surface area contributed by atoms with E-state index in [0.29, 0.717) is 19.4 Å². The van der Waals surface area contributed by atoms with Gasteiger partial charge < -0.3 is 32.5 Å². The highest BCUT2D eigenvalue weighted by Gasteiger charge is 2.23. The van der Waals surface area contributed by atoms with Crippen LogP contribution in [0, 0.1) is 5.92 Å². The van der Waals surface area contributed by atoms with Crippen LogP contribution in [-0.2, 0) is 19.2 Å². The van der Waals surface area contributed by atoms with E-state index in [1.165, 1.54) is 0 Å². The molecular weight excluding hydrogens is 342 g/mol. The Labute approximate surface area is 153 Å². The summed E-state index contributed by atoms with van der Waals surface area (Å²) < 4.78 is 0. The van der Waals surface area contributed by atoms with Crippen molar-refractivity contribution in [2.75, 3.05) is 19.6 Å². The van der Waals surface area contributed by atoms with E-state index in [9.17, 15) is 19.2 Å². The van der Waals surface area contributed by atoms with Gasteiger partial charge in [0.2, 0.25) is 17.7 Å². The molecule has 0 rings (SSSR count). The molecule has 0 aromatic carbocycles. The van der Waals surface area contributed by atoms with Gasteiger partial charge >= 0.3 is 5.97 Å². The van der Waals surface area contributed by atoms with Crippen LogP contribution in [0.5, 0.6) is 0 Å². The first kappa shape index (κ1) is 23.8. The van der Waals surface area contributed by atoms with Crippen molar-refractivity contribution in [1.29, 1.82) is 0 Å². The highest BCUT2D eigenvalue weighted by atomic mass is 16.4. The van der Waals surface area contributed by atoms with Crippen LogP contribution in [0.3, 0.4) is 0 Å². The summed E-state index contributed by atoms with van der Waals surface area (Å²) in [6, 6.07) is -1.60. The van der Waals surface area contributed by atoms with Crippen LogP contribution in [0.15, 0.2) is 0 Å². The Morgan fingerprint density at radius 3 is 2.15 bits per heavy atom. The van der Waals surface area contributed by atoms with Gasteiger partial charge in [0.25, 0.3) is 0 Å². The molecule has 0 aromatic rings. The van der Waals surface area contributed by atoms with E-state index in [1.54, 1.807) is 0 Å². The zero-order chi connectivity index (χ0) is 20.1. The summed E-state index contributed by atoms with van der Waals surface area (Å²) in [7, 11) is 0. The number of hydrogen-bond donors (Lipinski definition) is 6. The fourth-order valence-electron chi connectivity index (χ4n) is 2.17. The Bertz CT molecular complexity index is 484. The van der Waals surface area contributed by atoms with E-state index in [4.69, 9.17) is 16.6 Å². The van der Waals surface area contributed by atoms with Gasteiger partial charge in [0.1, 0.15) is 12.6 Å². The molecule has 0 spiro atoms. The minimum absolute atomic E-state index is 0.0986. The first-order valence-corrected chi connectivity index (χ1v) is 8.69. The molecule has 10 nitrogen and oxygen atoms in total. The van der Waals surface area contributed by atoms with Crippen LogP contribution in [0.4, 0.5) is 0 Å². The second kappa shape index (κ2) is 13.1. The van der Waals surface area contributed by atoms with Crippen molar-refractivity contribution < 1.29 is 24.3 Å². The summed E-state index contributed by atoms with van der Waals surface area (Å²) in [4.78, 5) is 46.4. The lowest BCUT2D eigenvalue weighted by Crippen LogP contribution is -2.51. The van der Waals surface area contributed by atoms with E-state index in [0.717, 1.165) is 12.8 Å².